The summed E-state index contributed by atoms with van der Waals surface area (Å²) in [6.45, 7) is 0. The van der Waals surface area contributed by atoms with Crippen LogP contribution in [0.3, 0.4) is 0 Å². The molecule has 4 atom stereocenters. The first kappa shape index (κ1) is 10.7. The molecule has 1 aromatic heterocycles. The summed E-state index contributed by atoms with van der Waals surface area (Å²) < 4.78 is 11.1. The van der Waals surface area contributed by atoms with Gasteiger partial charge in [0, 0.05) is 11.8 Å². The second kappa shape index (κ2) is 3.35. The second-order valence-electron chi connectivity index (χ2n) is 6.07. The molecule has 100 valence electrons. The molecule has 0 aliphatic heterocycles. The van der Waals surface area contributed by atoms with Crippen molar-refractivity contribution in [3.8, 4) is 5.75 Å². The Bertz CT molecular complexity index is 783. The minimum absolute atomic E-state index is 0.125. The van der Waals surface area contributed by atoms with Gasteiger partial charge in [-0.25, -0.2) is 0 Å². The van der Waals surface area contributed by atoms with E-state index in [2.05, 4.69) is 18.2 Å². The van der Waals surface area contributed by atoms with E-state index in [-0.39, 0.29) is 11.7 Å². The van der Waals surface area contributed by atoms with Crippen LogP contribution in [0, 0.1) is 17.8 Å². The lowest BCUT2D eigenvalue weighted by Crippen LogP contribution is -2.18. The first-order valence-electron chi connectivity index (χ1n) is 7.10. The van der Waals surface area contributed by atoms with Crippen LogP contribution >= 0.6 is 0 Å². The van der Waals surface area contributed by atoms with Crippen LogP contribution < -0.4 is 4.74 Å². The Labute approximate surface area is 116 Å². The van der Waals surface area contributed by atoms with Crippen LogP contribution in [0.5, 0.6) is 5.75 Å². The fourth-order valence-electron chi connectivity index (χ4n) is 4.60. The Hall–Kier alpha value is -2.03. The van der Waals surface area contributed by atoms with Crippen LogP contribution in [0.1, 0.15) is 28.3 Å². The van der Waals surface area contributed by atoms with Crippen molar-refractivity contribution < 1.29 is 13.9 Å². The SMILES string of the molecule is COc1c2c(cc3occc13)C1C3C=CC(C3)C1C2=O. The van der Waals surface area contributed by atoms with E-state index in [1.54, 1.807) is 13.4 Å². The van der Waals surface area contributed by atoms with Crippen LogP contribution in [0.4, 0.5) is 0 Å². The van der Waals surface area contributed by atoms with Gasteiger partial charge in [0.2, 0.25) is 0 Å². The summed E-state index contributed by atoms with van der Waals surface area (Å²) in [5.41, 5.74) is 2.76. The molecule has 0 N–H and O–H groups in total. The average molecular weight is 266 g/mol. The van der Waals surface area contributed by atoms with Crippen LogP contribution in [-0.4, -0.2) is 12.9 Å². The highest BCUT2D eigenvalue weighted by atomic mass is 16.5. The van der Waals surface area contributed by atoms with E-state index in [4.69, 9.17) is 9.15 Å². The number of hydrogen-bond acceptors (Lipinski definition) is 3. The minimum atomic E-state index is 0.125. The molecule has 3 aliphatic carbocycles. The number of Topliss-reactive ketones (excluding diaryl/α,β-unsaturated/α-hetero) is 1. The van der Waals surface area contributed by atoms with Gasteiger partial charge >= 0.3 is 0 Å². The number of methoxy groups -OCH3 is 1. The topological polar surface area (TPSA) is 39.4 Å². The molecule has 2 bridgehead atoms. The zero-order chi connectivity index (χ0) is 13.4. The maximum Gasteiger partial charge on any atom is 0.171 e. The van der Waals surface area contributed by atoms with E-state index >= 15 is 0 Å². The predicted octanol–water partition coefficient (Wildman–Crippen LogP) is 3.54. The lowest BCUT2D eigenvalue weighted by atomic mass is 9.83. The molecule has 4 unspecified atom stereocenters. The summed E-state index contributed by atoms with van der Waals surface area (Å²) in [5.74, 6) is 2.34. The number of hydrogen-bond donors (Lipinski definition) is 0. The van der Waals surface area contributed by atoms with Crippen LogP contribution in [0.15, 0.2) is 35.0 Å². The number of ether oxygens (including phenoxy) is 1. The number of fused-ring (bicyclic) bond motifs is 8. The molecule has 1 aromatic carbocycles. The maximum atomic E-state index is 12.9. The van der Waals surface area contributed by atoms with Crippen molar-refractivity contribution in [1.82, 2.24) is 0 Å². The summed E-state index contributed by atoms with van der Waals surface area (Å²) in [5, 5.41) is 0.903. The van der Waals surface area contributed by atoms with Gasteiger partial charge < -0.3 is 9.15 Å². The van der Waals surface area contributed by atoms with Crippen LogP contribution in [0.25, 0.3) is 11.0 Å². The Kier molecular flexibility index (Phi) is 1.79. The Balaban J connectivity index is 1.85. The molecule has 0 radical (unpaired) electrons. The molecule has 20 heavy (non-hydrogen) atoms. The molecule has 0 amide bonds. The van der Waals surface area contributed by atoms with Crippen LogP contribution in [0.2, 0.25) is 0 Å². The van der Waals surface area contributed by atoms with Gasteiger partial charge in [-0.05, 0) is 36.0 Å². The average Bonchev–Trinajstić information content (AvgIpc) is 3.19. The van der Waals surface area contributed by atoms with Crippen molar-refractivity contribution >= 4 is 16.8 Å². The lowest BCUT2D eigenvalue weighted by molar-refractivity contribution is 0.0909. The summed E-state index contributed by atoms with van der Waals surface area (Å²) in [6, 6.07) is 3.94. The molecule has 5 rings (SSSR count). The van der Waals surface area contributed by atoms with Crippen molar-refractivity contribution in [1.29, 1.82) is 0 Å². The number of benzene rings is 1. The zero-order valence-electron chi connectivity index (χ0n) is 11.1. The Morgan fingerprint density at radius 3 is 2.85 bits per heavy atom. The van der Waals surface area contributed by atoms with Gasteiger partial charge in [-0.1, -0.05) is 12.2 Å². The standard InChI is InChI=1S/C17H14O3/c1-19-17-10-4-5-20-12(10)7-11-13-8-2-3-9(6-8)14(13)16(18)15(11)17/h2-5,7-9,13-14H,6H2,1H3. The molecule has 3 aliphatic rings. The first-order valence-corrected chi connectivity index (χ1v) is 7.10. The quantitative estimate of drug-likeness (QED) is 0.741. The largest absolute Gasteiger partial charge is 0.495 e. The van der Waals surface area contributed by atoms with Gasteiger partial charge in [0.15, 0.2) is 5.78 Å². The summed E-state index contributed by atoms with van der Waals surface area (Å²) in [7, 11) is 1.64. The molecule has 1 heterocycles. The highest BCUT2D eigenvalue weighted by Crippen LogP contribution is 2.60. The minimum Gasteiger partial charge on any atom is -0.495 e. The summed E-state index contributed by atoms with van der Waals surface area (Å²) in [6.07, 6.45) is 7.29. The van der Waals surface area contributed by atoms with Crippen LogP contribution in [-0.2, 0) is 0 Å². The number of carbonyl (C=O) groups is 1. The highest BCUT2D eigenvalue weighted by molar-refractivity contribution is 6.10. The van der Waals surface area contributed by atoms with E-state index in [0.29, 0.717) is 23.5 Å². The van der Waals surface area contributed by atoms with Gasteiger partial charge in [0.1, 0.15) is 11.3 Å². The first-order chi connectivity index (χ1) is 9.79. The summed E-state index contributed by atoms with van der Waals surface area (Å²) in [4.78, 5) is 12.9. The van der Waals surface area contributed by atoms with Crippen molar-refractivity contribution in [2.75, 3.05) is 7.11 Å². The molecule has 1 saturated carbocycles. The number of ketones is 1. The smallest absolute Gasteiger partial charge is 0.171 e. The molecule has 2 aromatic rings. The Morgan fingerprint density at radius 1 is 1.25 bits per heavy atom. The fraction of sp³-hybridized carbons (Fsp3) is 0.353. The van der Waals surface area contributed by atoms with E-state index < -0.39 is 0 Å². The molecule has 3 nitrogen and oxygen atoms in total. The zero-order valence-corrected chi connectivity index (χ0v) is 11.1. The van der Waals surface area contributed by atoms with E-state index in [1.165, 1.54) is 0 Å². The molecular formula is C17H14O3. The van der Waals surface area contributed by atoms with Crippen molar-refractivity contribution in [3.05, 3.63) is 41.7 Å². The van der Waals surface area contributed by atoms with Gasteiger partial charge in [0.05, 0.1) is 24.3 Å². The number of allylic oxidation sites excluding steroid dienone is 2. The molecule has 0 spiro atoms. The van der Waals surface area contributed by atoms with Gasteiger partial charge in [-0.2, -0.15) is 0 Å². The predicted molar refractivity (Wildman–Crippen MR) is 74.1 cm³/mol. The third kappa shape index (κ3) is 1.03. The van der Waals surface area contributed by atoms with E-state index in [0.717, 1.165) is 28.5 Å². The van der Waals surface area contributed by atoms with Gasteiger partial charge in [0.25, 0.3) is 0 Å². The second-order valence-corrected chi connectivity index (χ2v) is 6.07. The summed E-state index contributed by atoms with van der Waals surface area (Å²) >= 11 is 0. The van der Waals surface area contributed by atoms with E-state index in [9.17, 15) is 4.79 Å². The van der Waals surface area contributed by atoms with Crippen molar-refractivity contribution in [3.63, 3.8) is 0 Å². The van der Waals surface area contributed by atoms with E-state index in [1.807, 2.05) is 6.07 Å². The third-order valence-corrected chi connectivity index (χ3v) is 5.31. The molecule has 0 saturated heterocycles. The molecular weight excluding hydrogens is 252 g/mol. The highest BCUT2D eigenvalue weighted by Gasteiger charge is 2.55. The number of rotatable bonds is 1. The van der Waals surface area contributed by atoms with Gasteiger partial charge in [-0.3, -0.25) is 4.79 Å². The van der Waals surface area contributed by atoms with Gasteiger partial charge in [-0.15, -0.1) is 0 Å². The monoisotopic (exact) mass is 266 g/mol. The molecule has 3 heteroatoms. The third-order valence-electron chi connectivity index (χ3n) is 5.31. The van der Waals surface area contributed by atoms with Crippen molar-refractivity contribution in [2.45, 2.75) is 12.3 Å². The number of furan rings is 1. The lowest BCUT2D eigenvalue weighted by Gasteiger charge is -2.19. The Morgan fingerprint density at radius 2 is 2.05 bits per heavy atom. The number of carbonyl (C=O) groups excluding carboxylic acids is 1. The molecule has 1 fully saturated rings. The maximum absolute atomic E-state index is 12.9. The van der Waals surface area contributed by atoms with Crippen molar-refractivity contribution in [2.24, 2.45) is 17.8 Å². The fourth-order valence-corrected chi connectivity index (χ4v) is 4.60. The normalized spacial score (nSPS) is 33.0.